The van der Waals surface area contributed by atoms with Crippen LogP contribution in [0.4, 0.5) is 0 Å². The molecule has 2 aromatic rings. The SMILES string of the molecule is O=C(NCCI)c1ccc2cc(Br)ccc2c1. The quantitative estimate of drug-likeness (QED) is 0.613. The topological polar surface area (TPSA) is 29.1 Å². The number of amides is 1. The lowest BCUT2D eigenvalue weighted by molar-refractivity contribution is 0.0956. The van der Waals surface area contributed by atoms with E-state index >= 15 is 0 Å². The van der Waals surface area contributed by atoms with Crippen molar-refractivity contribution >= 4 is 55.2 Å². The van der Waals surface area contributed by atoms with Crippen LogP contribution in [0.3, 0.4) is 0 Å². The molecule has 0 atom stereocenters. The largest absolute Gasteiger partial charge is 0.351 e. The minimum absolute atomic E-state index is 0.00788. The molecule has 0 aliphatic heterocycles. The second kappa shape index (κ2) is 5.82. The van der Waals surface area contributed by atoms with Gasteiger partial charge in [0.1, 0.15) is 0 Å². The Morgan fingerprint density at radius 2 is 1.88 bits per heavy atom. The lowest BCUT2D eigenvalue weighted by Gasteiger charge is -2.05. The molecule has 17 heavy (non-hydrogen) atoms. The average molecular weight is 404 g/mol. The van der Waals surface area contributed by atoms with Gasteiger partial charge in [-0.05, 0) is 35.0 Å². The number of benzene rings is 2. The van der Waals surface area contributed by atoms with Crippen molar-refractivity contribution in [3.8, 4) is 0 Å². The zero-order valence-corrected chi connectivity index (χ0v) is 12.8. The molecular weight excluding hydrogens is 393 g/mol. The van der Waals surface area contributed by atoms with Gasteiger partial charge in [-0.25, -0.2) is 0 Å². The fourth-order valence-corrected chi connectivity index (χ4v) is 2.27. The number of carbonyl (C=O) groups is 1. The summed E-state index contributed by atoms with van der Waals surface area (Å²) >= 11 is 5.67. The van der Waals surface area contributed by atoms with E-state index in [1.165, 1.54) is 0 Å². The van der Waals surface area contributed by atoms with Crippen LogP contribution in [0.25, 0.3) is 10.8 Å². The highest BCUT2D eigenvalue weighted by Crippen LogP contribution is 2.20. The van der Waals surface area contributed by atoms with Gasteiger partial charge >= 0.3 is 0 Å². The second-order valence-electron chi connectivity index (χ2n) is 3.65. The van der Waals surface area contributed by atoms with E-state index in [1.54, 1.807) is 0 Å². The fourth-order valence-electron chi connectivity index (χ4n) is 1.62. The van der Waals surface area contributed by atoms with E-state index in [2.05, 4.69) is 43.8 Å². The van der Waals surface area contributed by atoms with Crippen LogP contribution >= 0.6 is 38.5 Å². The first-order chi connectivity index (χ1) is 8.20. The molecule has 2 rings (SSSR count). The van der Waals surface area contributed by atoms with Crippen LogP contribution in [0.1, 0.15) is 10.4 Å². The Bertz CT molecular complexity index is 556. The normalized spacial score (nSPS) is 10.5. The third-order valence-electron chi connectivity index (χ3n) is 2.44. The Morgan fingerprint density at radius 3 is 2.65 bits per heavy atom. The lowest BCUT2D eigenvalue weighted by Crippen LogP contribution is -2.24. The summed E-state index contributed by atoms with van der Waals surface area (Å²) in [7, 11) is 0. The molecule has 0 aromatic heterocycles. The van der Waals surface area contributed by atoms with Crippen molar-refractivity contribution in [1.82, 2.24) is 5.32 Å². The summed E-state index contributed by atoms with van der Waals surface area (Å²) in [5, 5.41) is 5.08. The molecule has 0 aliphatic carbocycles. The molecule has 2 nitrogen and oxygen atoms in total. The van der Waals surface area contributed by atoms with Crippen molar-refractivity contribution in [1.29, 1.82) is 0 Å². The van der Waals surface area contributed by atoms with Gasteiger partial charge < -0.3 is 5.32 Å². The maximum Gasteiger partial charge on any atom is 0.251 e. The number of hydrogen-bond acceptors (Lipinski definition) is 1. The maximum absolute atomic E-state index is 11.8. The predicted octanol–water partition coefficient (Wildman–Crippen LogP) is 3.77. The summed E-state index contributed by atoms with van der Waals surface area (Å²) < 4.78 is 1.97. The summed E-state index contributed by atoms with van der Waals surface area (Å²) in [6, 6.07) is 11.8. The Labute approximate surface area is 122 Å². The lowest BCUT2D eigenvalue weighted by atomic mass is 10.1. The molecule has 0 unspecified atom stereocenters. The number of nitrogens with one attached hydrogen (secondary N) is 1. The molecule has 1 N–H and O–H groups in total. The van der Waals surface area contributed by atoms with Gasteiger partial charge in [-0.15, -0.1) is 0 Å². The number of rotatable bonds is 3. The number of halogens is 2. The second-order valence-corrected chi connectivity index (χ2v) is 5.65. The molecule has 0 saturated carbocycles. The number of carbonyl (C=O) groups excluding carboxylic acids is 1. The summed E-state index contributed by atoms with van der Waals surface area (Å²) in [5.41, 5.74) is 0.713. The van der Waals surface area contributed by atoms with Crippen LogP contribution < -0.4 is 5.32 Å². The molecule has 0 fully saturated rings. The van der Waals surface area contributed by atoms with Gasteiger partial charge in [0.05, 0.1) is 0 Å². The average Bonchev–Trinajstić information content (AvgIpc) is 2.35. The minimum Gasteiger partial charge on any atom is -0.351 e. The van der Waals surface area contributed by atoms with E-state index in [1.807, 2.05) is 36.4 Å². The van der Waals surface area contributed by atoms with Crippen LogP contribution in [0.5, 0.6) is 0 Å². The van der Waals surface area contributed by atoms with Crippen molar-refractivity contribution in [3.63, 3.8) is 0 Å². The summed E-state index contributed by atoms with van der Waals surface area (Å²) in [4.78, 5) is 11.8. The standard InChI is InChI=1S/C13H11BrINO/c14-12-4-3-9-7-11(2-1-10(9)8-12)13(17)16-6-5-15/h1-4,7-8H,5-6H2,(H,16,17). The van der Waals surface area contributed by atoms with E-state index in [4.69, 9.17) is 0 Å². The van der Waals surface area contributed by atoms with Gasteiger partial charge in [0, 0.05) is 21.0 Å². The van der Waals surface area contributed by atoms with Crippen molar-refractivity contribution in [2.75, 3.05) is 11.0 Å². The fraction of sp³-hybridized carbons (Fsp3) is 0.154. The highest BCUT2D eigenvalue weighted by Gasteiger charge is 2.05. The van der Waals surface area contributed by atoms with Gasteiger partial charge in [-0.1, -0.05) is 50.7 Å². The number of alkyl halides is 1. The molecular formula is C13H11BrINO. The monoisotopic (exact) mass is 403 g/mol. The highest BCUT2D eigenvalue weighted by molar-refractivity contribution is 14.1. The van der Waals surface area contributed by atoms with Gasteiger partial charge in [-0.3, -0.25) is 4.79 Å². The Kier molecular flexibility index (Phi) is 4.39. The van der Waals surface area contributed by atoms with Crippen LogP contribution in [0.15, 0.2) is 40.9 Å². The third kappa shape index (κ3) is 3.19. The zero-order chi connectivity index (χ0) is 12.3. The molecule has 1 amide bonds. The molecule has 0 bridgehead atoms. The summed E-state index contributed by atoms with van der Waals surface area (Å²) in [6.45, 7) is 0.706. The van der Waals surface area contributed by atoms with Crippen molar-refractivity contribution in [2.45, 2.75) is 0 Å². The Morgan fingerprint density at radius 1 is 1.18 bits per heavy atom. The Hall–Kier alpha value is -0.620. The summed E-state index contributed by atoms with van der Waals surface area (Å²) in [6.07, 6.45) is 0. The van der Waals surface area contributed by atoms with Gasteiger partial charge in [-0.2, -0.15) is 0 Å². The Balaban J connectivity index is 2.31. The van der Waals surface area contributed by atoms with E-state index in [-0.39, 0.29) is 5.91 Å². The van der Waals surface area contributed by atoms with Crippen LogP contribution in [-0.2, 0) is 0 Å². The molecule has 2 aromatic carbocycles. The molecule has 0 heterocycles. The smallest absolute Gasteiger partial charge is 0.251 e. The molecule has 88 valence electrons. The zero-order valence-electron chi connectivity index (χ0n) is 9.04. The van der Waals surface area contributed by atoms with Gasteiger partial charge in [0.15, 0.2) is 0 Å². The molecule has 0 spiro atoms. The third-order valence-corrected chi connectivity index (χ3v) is 3.48. The molecule has 0 aliphatic rings. The first-order valence-electron chi connectivity index (χ1n) is 5.24. The molecule has 4 heteroatoms. The maximum atomic E-state index is 11.8. The molecule has 0 saturated heterocycles. The summed E-state index contributed by atoms with van der Waals surface area (Å²) in [5.74, 6) is -0.00788. The number of fused-ring (bicyclic) bond motifs is 1. The predicted molar refractivity (Wildman–Crippen MR) is 82.9 cm³/mol. The van der Waals surface area contributed by atoms with E-state index in [0.717, 1.165) is 19.7 Å². The number of hydrogen-bond donors (Lipinski definition) is 1. The first-order valence-corrected chi connectivity index (χ1v) is 7.56. The van der Waals surface area contributed by atoms with E-state index in [0.29, 0.717) is 12.1 Å². The van der Waals surface area contributed by atoms with Crippen LogP contribution in [-0.4, -0.2) is 16.9 Å². The van der Waals surface area contributed by atoms with Gasteiger partial charge in [0.25, 0.3) is 5.91 Å². The van der Waals surface area contributed by atoms with Crippen LogP contribution in [0, 0.1) is 0 Å². The molecule has 0 radical (unpaired) electrons. The first kappa shape index (κ1) is 12.8. The van der Waals surface area contributed by atoms with Crippen molar-refractivity contribution in [2.24, 2.45) is 0 Å². The highest BCUT2D eigenvalue weighted by atomic mass is 127. The van der Waals surface area contributed by atoms with Gasteiger partial charge in [0.2, 0.25) is 0 Å². The minimum atomic E-state index is -0.00788. The van der Waals surface area contributed by atoms with Crippen LogP contribution in [0.2, 0.25) is 0 Å². The van der Waals surface area contributed by atoms with E-state index in [9.17, 15) is 4.79 Å². The van der Waals surface area contributed by atoms with Crippen molar-refractivity contribution < 1.29 is 4.79 Å². The van der Waals surface area contributed by atoms with Crippen molar-refractivity contribution in [3.05, 3.63) is 46.4 Å². The van der Waals surface area contributed by atoms with E-state index < -0.39 is 0 Å².